The third-order valence-electron chi connectivity index (χ3n) is 3.21. The average molecular weight is 208 g/mol. The van der Waals surface area contributed by atoms with Gasteiger partial charge in [0.1, 0.15) is 5.82 Å². The fraction of sp³-hybridized carbons (Fsp3) is 0.818. The zero-order valence-corrected chi connectivity index (χ0v) is 9.58. The molecule has 0 spiro atoms. The number of aromatic amines is 1. The first-order valence-electron chi connectivity index (χ1n) is 5.85. The molecule has 0 unspecified atom stereocenters. The van der Waals surface area contributed by atoms with Gasteiger partial charge >= 0.3 is 0 Å². The fourth-order valence-corrected chi connectivity index (χ4v) is 2.17. The lowest BCUT2D eigenvalue weighted by atomic mass is 9.87. The van der Waals surface area contributed by atoms with Gasteiger partial charge < -0.3 is 5.32 Å². The molecule has 1 aromatic rings. The van der Waals surface area contributed by atoms with Crippen LogP contribution in [0.1, 0.15) is 44.3 Å². The first-order valence-corrected chi connectivity index (χ1v) is 5.85. The number of aromatic nitrogens is 3. The van der Waals surface area contributed by atoms with Crippen molar-refractivity contribution in [3.63, 3.8) is 0 Å². The summed E-state index contributed by atoms with van der Waals surface area (Å²) in [6, 6.07) is 0.667. The summed E-state index contributed by atoms with van der Waals surface area (Å²) in [6.07, 6.45) is 5.30. The van der Waals surface area contributed by atoms with Crippen molar-refractivity contribution in [2.24, 2.45) is 5.92 Å². The minimum atomic E-state index is 0.667. The van der Waals surface area contributed by atoms with Crippen molar-refractivity contribution < 1.29 is 0 Å². The molecule has 4 heteroatoms. The summed E-state index contributed by atoms with van der Waals surface area (Å²) in [5.74, 6) is 2.68. The quantitative estimate of drug-likeness (QED) is 0.796. The monoisotopic (exact) mass is 208 g/mol. The van der Waals surface area contributed by atoms with E-state index in [1.54, 1.807) is 0 Å². The second-order valence-electron chi connectivity index (χ2n) is 4.67. The van der Waals surface area contributed by atoms with Crippen LogP contribution in [0.2, 0.25) is 0 Å². The highest BCUT2D eigenvalue weighted by atomic mass is 15.2. The Morgan fingerprint density at radius 1 is 1.33 bits per heavy atom. The number of hydrogen-bond donors (Lipinski definition) is 2. The molecule has 1 heterocycles. The van der Waals surface area contributed by atoms with Crippen LogP contribution in [0.5, 0.6) is 0 Å². The second kappa shape index (κ2) is 4.75. The molecule has 84 valence electrons. The average Bonchev–Trinajstić information content (AvgIpc) is 2.64. The summed E-state index contributed by atoms with van der Waals surface area (Å²) < 4.78 is 0. The van der Waals surface area contributed by atoms with E-state index in [1.807, 2.05) is 6.92 Å². The summed E-state index contributed by atoms with van der Waals surface area (Å²) in [6.45, 7) is 5.07. The molecule has 0 saturated heterocycles. The van der Waals surface area contributed by atoms with Gasteiger partial charge in [0, 0.05) is 6.04 Å². The number of nitrogens with one attached hydrogen (secondary N) is 2. The molecule has 1 fully saturated rings. The molecule has 1 aliphatic rings. The number of aryl methyl sites for hydroxylation is 1. The number of H-pyrrole nitrogens is 1. The number of nitrogens with zero attached hydrogens (tertiary/aromatic N) is 2. The van der Waals surface area contributed by atoms with E-state index >= 15 is 0 Å². The van der Waals surface area contributed by atoms with E-state index in [9.17, 15) is 0 Å². The first-order chi connectivity index (χ1) is 7.24. The van der Waals surface area contributed by atoms with Gasteiger partial charge in [-0.05, 0) is 38.5 Å². The summed E-state index contributed by atoms with van der Waals surface area (Å²) in [5.41, 5.74) is 0. The fourth-order valence-electron chi connectivity index (χ4n) is 2.17. The maximum atomic E-state index is 4.28. The van der Waals surface area contributed by atoms with E-state index in [1.165, 1.54) is 25.7 Å². The maximum Gasteiger partial charge on any atom is 0.164 e. The first kappa shape index (κ1) is 10.6. The van der Waals surface area contributed by atoms with Gasteiger partial charge in [0.05, 0.1) is 6.54 Å². The van der Waals surface area contributed by atoms with Gasteiger partial charge in [-0.25, -0.2) is 4.98 Å². The van der Waals surface area contributed by atoms with Crippen molar-refractivity contribution >= 4 is 0 Å². The Balaban J connectivity index is 1.74. The van der Waals surface area contributed by atoms with Crippen molar-refractivity contribution in [1.29, 1.82) is 0 Å². The summed E-state index contributed by atoms with van der Waals surface area (Å²) >= 11 is 0. The normalized spacial score (nSPS) is 26.8. The highest BCUT2D eigenvalue weighted by molar-refractivity contribution is 4.88. The highest BCUT2D eigenvalue weighted by Gasteiger charge is 2.17. The van der Waals surface area contributed by atoms with Gasteiger partial charge in [0.2, 0.25) is 0 Å². The van der Waals surface area contributed by atoms with Crippen LogP contribution >= 0.6 is 0 Å². The van der Waals surface area contributed by atoms with E-state index in [4.69, 9.17) is 0 Å². The molecule has 0 aliphatic heterocycles. The third kappa shape index (κ3) is 3.02. The molecular formula is C11H20N4. The van der Waals surface area contributed by atoms with Crippen molar-refractivity contribution in [3.05, 3.63) is 11.6 Å². The Labute approximate surface area is 90.9 Å². The van der Waals surface area contributed by atoms with Crippen LogP contribution in [0.3, 0.4) is 0 Å². The molecule has 0 aromatic carbocycles. The van der Waals surface area contributed by atoms with E-state index in [-0.39, 0.29) is 0 Å². The smallest absolute Gasteiger partial charge is 0.164 e. The molecule has 4 nitrogen and oxygen atoms in total. The molecule has 0 radical (unpaired) electrons. The molecule has 0 bridgehead atoms. The summed E-state index contributed by atoms with van der Waals surface area (Å²) in [5, 5.41) is 10.5. The van der Waals surface area contributed by atoms with Crippen LogP contribution in [-0.4, -0.2) is 21.2 Å². The lowest BCUT2D eigenvalue weighted by Gasteiger charge is -2.26. The highest BCUT2D eigenvalue weighted by Crippen LogP contribution is 2.23. The van der Waals surface area contributed by atoms with Crippen molar-refractivity contribution in [3.8, 4) is 0 Å². The van der Waals surface area contributed by atoms with Crippen molar-refractivity contribution in [2.45, 2.75) is 52.1 Å². The van der Waals surface area contributed by atoms with Gasteiger partial charge in [-0.3, -0.25) is 5.10 Å². The standard InChI is InChI=1S/C11H20N4/c1-8-3-5-10(6-4-8)12-7-11-13-9(2)14-15-11/h8,10,12H,3-7H2,1-2H3,(H,13,14,15). The molecule has 2 N–H and O–H groups in total. The molecule has 2 rings (SSSR count). The molecule has 15 heavy (non-hydrogen) atoms. The van der Waals surface area contributed by atoms with Gasteiger partial charge in [-0.1, -0.05) is 6.92 Å². The predicted molar refractivity (Wildman–Crippen MR) is 59.4 cm³/mol. The van der Waals surface area contributed by atoms with Crippen molar-refractivity contribution in [1.82, 2.24) is 20.5 Å². The van der Waals surface area contributed by atoms with Crippen LogP contribution in [0, 0.1) is 12.8 Å². The van der Waals surface area contributed by atoms with Gasteiger partial charge in [-0.15, -0.1) is 0 Å². The van der Waals surface area contributed by atoms with Gasteiger partial charge in [0.25, 0.3) is 0 Å². The van der Waals surface area contributed by atoms with Gasteiger partial charge in [-0.2, -0.15) is 5.10 Å². The number of hydrogen-bond acceptors (Lipinski definition) is 3. The molecule has 0 amide bonds. The van der Waals surface area contributed by atoms with Crippen molar-refractivity contribution in [2.75, 3.05) is 0 Å². The van der Waals surface area contributed by atoms with E-state index < -0.39 is 0 Å². The van der Waals surface area contributed by atoms with E-state index in [0.717, 1.165) is 24.1 Å². The van der Waals surface area contributed by atoms with E-state index in [0.29, 0.717) is 6.04 Å². The van der Waals surface area contributed by atoms with E-state index in [2.05, 4.69) is 27.4 Å². The lowest BCUT2D eigenvalue weighted by molar-refractivity contribution is 0.305. The van der Waals surface area contributed by atoms with Crippen LogP contribution in [-0.2, 0) is 6.54 Å². The van der Waals surface area contributed by atoms with Crippen LogP contribution in [0.4, 0.5) is 0 Å². The molecular weight excluding hydrogens is 188 g/mol. The third-order valence-corrected chi connectivity index (χ3v) is 3.21. The topological polar surface area (TPSA) is 53.6 Å². The predicted octanol–water partition coefficient (Wildman–Crippen LogP) is 1.78. The molecule has 1 aromatic heterocycles. The Kier molecular flexibility index (Phi) is 3.36. The Morgan fingerprint density at radius 2 is 2.07 bits per heavy atom. The molecule has 1 aliphatic carbocycles. The summed E-state index contributed by atoms with van der Waals surface area (Å²) in [4.78, 5) is 4.28. The molecule has 0 atom stereocenters. The van der Waals surface area contributed by atoms with Crippen LogP contribution < -0.4 is 5.32 Å². The minimum Gasteiger partial charge on any atom is -0.307 e. The maximum absolute atomic E-state index is 4.28. The molecule has 1 saturated carbocycles. The largest absolute Gasteiger partial charge is 0.307 e. The van der Waals surface area contributed by atoms with Crippen LogP contribution in [0.25, 0.3) is 0 Å². The van der Waals surface area contributed by atoms with Crippen LogP contribution in [0.15, 0.2) is 0 Å². The van der Waals surface area contributed by atoms with Gasteiger partial charge in [0.15, 0.2) is 5.82 Å². The lowest BCUT2D eigenvalue weighted by Crippen LogP contribution is -2.32. The Hall–Kier alpha value is -0.900. The zero-order chi connectivity index (χ0) is 10.7. The Bertz CT molecular complexity index is 299. The second-order valence-corrected chi connectivity index (χ2v) is 4.67. The minimum absolute atomic E-state index is 0.667. The summed E-state index contributed by atoms with van der Waals surface area (Å²) in [7, 11) is 0. The zero-order valence-electron chi connectivity index (χ0n) is 9.58. The SMILES string of the molecule is Cc1nc(CNC2CCC(C)CC2)n[nH]1. The Morgan fingerprint density at radius 3 is 2.67 bits per heavy atom. The number of rotatable bonds is 3.